The van der Waals surface area contributed by atoms with Crippen molar-refractivity contribution in [3.8, 4) is 0 Å². The molecule has 0 saturated heterocycles. The third-order valence-electron chi connectivity index (χ3n) is 3.76. The summed E-state index contributed by atoms with van der Waals surface area (Å²) in [5.41, 5.74) is 1.59. The van der Waals surface area contributed by atoms with Crippen LogP contribution < -0.4 is 0 Å². The van der Waals surface area contributed by atoms with Crippen LogP contribution in [0.5, 0.6) is 0 Å². The van der Waals surface area contributed by atoms with Crippen molar-refractivity contribution in [1.29, 1.82) is 0 Å². The van der Waals surface area contributed by atoms with E-state index in [1.165, 1.54) is 0 Å². The van der Waals surface area contributed by atoms with Gasteiger partial charge in [-0.1, -0.05) is 12.1 Å². The highest BCUT2D eigenvalue weighted by Crippen LogP contribution is 2.39. The summed E-state index contributed by atoms with van der Waals surface area (Å²) >= 11 is 0. The van der Waals surface area contributed by atoms with E-state index >= 15 is 0 Å². The molecule has 3 aromatic heterocycles. The average molecular weight is 248 g/mol. The quantitative estimate of drug-likeness (QED) is 0.383. The molecule has 3 heteroatoms. The molecule has 0 aliphatic carbocycles. The summed E-state index contributed by atoms with van der Waals surface area (Å²) in [6, 6.07) is 8.13. The molecule has 5 rings (SSSR count). The van der Waals surface area contributed by atoms with E-state index in [-0.39, 0.29) is 0 Å². The van der Waals surface area contributed by atoms with E-state index in [4.69, 9.17) is 13.3 Å². The smallest absolute Gasteiger partial charge is 0.177 e. The van der Waals surface area contributed by atoms with Crippen LogP contribution in [-0.2, 0) is 0 Å². The zero-order chi connectivity index (χ0) is 12.4. The fraction of sp³-hybridized carbons (Fsp3) is 0. The maximum absolute atomic E-state index is 5.60. The molecule has 5 aromatic rings. The number of benzene rings is 2. The maximum Gasteiger partial charge on any atom is 0.177 e. The first-order valence-electron chi connectivity index (χ1n) is 6.08. The number of rotatable bonds is 0. The van der Waals surface area contributed by atoms with Crippen molar-refractivity contribution in [2.45, 2.75) is 0 Å². The van der Waals surface area contributed by atoms with Gasteiger partial charge >= 0.3 is 0 Å². The maximum atomic E-state index is 5.60. The molecule has 0 atom stereocenters. The van der Waals surface area contributed by atoms with Crippen LogP contribution in [0.4, 0.5) is 0 Å². The van der Waals surface area contributed by atoms with Gasteiger partial charge in [0.15, 0.2) is 11.2 Å². The SMILES string of the molecule is c1cc2c3ccc4cocc4c3c3ccoc3c2o1. The van der Waals surface area contributed by atoms with Gasteiger partial charge in [-0.05, 0) is 17.5 Å². The van der Waals surface area contributed by atoms with Crippen molar-refractivity contribution in [2.75, 3.05) is 0 Å². The molecular weight excluding hydrogens is 240 g/mol. The third kappa shape index (κ3) is 0.993. The van der Waals surface area contributed by atoms with E-state index in [1.807, 2.05) is 12.1 Å². The summed E-state index contributed by atoms with van der Waals surface area (Å²) in [5, 5.41) is 6.64. The Labute approximate surface area is 107 Å². The summed E-state index contributed by atoms with van der Waals surface area (Å²) in [4.78, 5) is 0. The van der Waals surface area contributed by atoms with Crippen LogP contribution in [0.3, 0.4) is 0 Å². The first kappa shape index (κ1) is 9.28. The Morgan fingerprint density at radius 2 is 1.42 bits per heavy atom. The minimum Gasteiger partial charge on any atom is -0.471 e. The summed E-state index contributed by atoms with van der Waals surface area (Å²) in [6.45, 7) is 0. The molecule has 0 aliphatic rings. The Bertz CT molecular complexity index is 1060. The van der Waals surface area contributed by atoms with Crippen LogP contribution in [0.25, 0.3) is 43.5 Å². The lowest BCUT2D eigenvalue weighted by Gasteiger charge is -2.02. The average Bonchev–Trinajstić information content (AvgIpc) is 3.17. The van der Waals surface area contributed by atoms with E-state index in [0.29, 0.717) is 0 Å². The molecular formula is C16H8O3. The first-order valence-corrected chi connectivity index (χ1v) is 6.08. The first-order chi connectivity index (χ1) is 9.43. The van der Waals surface area contributed by atoms with Gasteiger partial charge in [-0.25, -0.2) is 0 Å². The molecule has 0 bridgehead atoms. The largest absolute Gasteiger partial charge is 0.471 e. The van der Waals surface area contributed by atoms with Gasteiger partial charge in [0.2, 0.25) is 0 Å². The minimum atomic E-state index is 0.793. The summed E-state index contributed by atoms with van der Waals surface area (Å²) in [6.07, 6.45) is 6.95. The summed E-state index contributed by atoms with van der Waals surface area (Å²) < 4.78 is 16.5. The van der Waals surface area contributed by atoms with Gasteiger partial charge in [0.1, 0.15) is 0 Å². The molecule has 3 nitrogen and oxygen atoms in total. The molecule has 3 heterocycles. The van der Waals surface area contributed by atoms with Crippen LogP contribution in [0.1, 0.15) is 0 Å². The van der Waals surface area contributed by atoms with Crippen LogP contribution >= 0.6 is 0 Å². The standard InChI is InChI=1S/C16H8O3/c1-2-10-11-3-5-18-15(11)16-12(4-6-19-16)14(10)13-8-17-7-9(1)13/h1-8H. The second-order valence-electron chi connectivity index (χ2n) is 4.69. The van der Waals surface area contributed by atoms with Gasteiger partial charge < -0.3 is 13.3 Å². The zero-order valence-corrected chi connectivity index (χ0v) is 9.84. The van der Waals surface area contributed by atoms with Crippen LogP contribution in [0.2, 0.25) is 0 Å². The number of hydrogen-bond donors (Lipinski definition) is 0. The van der Waals surface area contributed by atoms with Gasteiger partial charge in [0.05, 0.1) is 25.1 Å². The molecule has 0 N–H and O–H groups in total. The lowest BCUT2D eigenvalue weighted by Crippen LogP contribution is -1.77. The summed E-state index contributed by atoms with van der Waals surface area (Å²) in [5.74, 6) is 0. The number of fused-ring (bicyclic) bond motifs is 8. The van der Waals surface area contributed by atoms with Crippen molar-refractivity contribution in [3.05, 3.63) is 49.3 Å². The van der Waals surface area contributed by atoms with Gasteiger partial charge in [0.25, 0.3) is 0 Å². The van der Waals surface area contributed by atoms with E-state index in [0.717, 1.165) is 43.5 Å². The summed E-state index contributed by atoms with van der Waals surface area (Å²) in [7, 11) is 0. The Balaban J connectivity index is 2.30. The Kier molecular flexibility index (Phi) is 1.47. The second kappa shape index (κ2) is 3.01. The zero-order valence-electron chi connectivity index (χ0n) is 9.84. The van der Waals surface area contributed by atoms with Gasteiger partial charge in [0, 0.05) is 26.9 Å². The van der Waals surface area contributed by atoms with Crippen molar-refractivity contribution in [1.82, 2.24) is 0 Å². The second-order valence-corrected chi connectivity index (χ2v) is 4.69. The predicted molar refractivity (Wildman–Crippen MR) is 73.3 cm³/mol. The molecule has 0 aliphatic heterocycles. The van der Waals surface area contributed by atoms with E-state index in [2.05, 4.69) is 12.1 Å². The van der Waals surface area contributed by atoms with Crippen LogP contribution in [0, 0.1) is 0 Å². The number of hydrogen-bond acceptors (Lipinski definition) is 3. The molecule has 0 saturated carbocycles. The molecule has 0 fully saturated rings. The third-order valence-corrected chi connectivity index (χ3v) is 3.76. The Morgan fingerprint density at radius 3 is 2.32 bits per heavy atom. The number of furan rings is 3. The van der Waals surface area contributed by atoms with Gasteiger partial charge in [-0.15, -0.1) is 0 Å². The molecule has 2 aromatic carbocycles. The molecule has 0 amide bonds. The highest BCUT2D eigenvalue weighted by atomic mass is 16.4. The van der Waals surface area contributed by atoms with Crippen molar-refractivity contribution in [2.24, 2.45) is 0 Å². The fourth-order valence-corrected chi connectivity index (χ4v) is 2.93. The monoisotopic (exact) mass is 248 g/mol. The fourth-order valence-electron chi connectivity index (χ4n) is 2.93. The van der Waals surface area contributed by atoms with E-state index in [1.54, 1.807) is 25.1 Å². The highest BCUT2D eigenvalue weighted by molar-refractivity contribution is 6.29. The van der Waals surface area contributed by atoms with E-state index in [9.17, 15) is 0 Å². The molecule has 90 valence electrons. The van der Waals surface area contributed by atoms with Crippen molar-refractivity contribution in [3.63, 3.8) is 0 Å². The molecule has 19 heavy (non-hydrogen) atoms. The highest BCUT2D eigenvalue weighted by Gasteiger charge is 2.15. The van der Waals surface area contributed by atoms with Gasteiger partial charge in [-0.2, -0.15) is 0 Å². The van der Waals surface area contributed by atoms with Crippen LogP contribution in [0.15, 0.2) is 62.6 Å². The lowest BCUT2D eigenvalue weighted by molar-refractivity contribution is 0.572. The van der Waals surface area contributed by atoms with Gasteiger partial charge in [-0.3, -0.25) is 0 Å². The minimum absolute atomic E-state index is 0.793. The van der Waals surface area contributed by atoms with Crippen molar-refractivity contribution >= 4 is 43.5 Å². The predicted octanol–water partition coefficient (Wildman–Crippen LogP) is 5.08. The topological polar surface area (TPSA) is 39.4 Å². The normalized spacial score (nSPS) is 12.2. The molecule has 0 unspecified atom stereocenters. The van der Waals surface area contributed by atoms with Crippen LogP contribution in [-0.4, -0.2) is 0 Å². The van der Waals surface area contributed by atoms with E-state index < -0.39 is 0 Å². The lowest BCUT2D eigenvalue weighted by atomic mass is 9.99. The Morgan fingerprint density at radius 1 is 0.632 bits per heavy atom. The Hall–Kier alpha value is -2.68. The molecule has 0 spiro atoms. The molecule has 0 radical (unpaired) electrons. The van der Waals surface area contributed by atoms with Crippen molar-refractivity contribution < 1.29 is 13.3 Å².